The molecule has 2 aromatic heterocycles. The van der Waals surface area contributed by atoms with Crippen molar-refractivity contribution in [3.8, 4) is 0 Å². The molecule has 0 bridgehead atoms. The summed E-state index contributed by atoms with van der Waals surface area (Å²) in [6, 6.07) is 0. The number of aromatic nitrogens is 4. The van der Waals surface area contributed by atoms with E-state index >= 15 is 0 Å². The Morgan fingerprint density at radius 3 is 2.96 bits per heavy atom. The Morgan fingerprint density at radius 1 is 1.43 bits per heavy atom. The molecule has 10 heteroatoms. The molecule has 0 fully saturated rings. The van der Waals surface area contributed by atoms with Crippen molar-refractivity contribution in [1.29, 1.82) is 0 Å². The highest BCUT2D eigenvalue weighted by atomic mass is 32.2. The number of aryl methyl sites for hydroxylation is 2. The molecule has 0 saturated heterocycles. The minimum absolute atomic E-state index is 0.00246. The number of carbonyl (C=O) groups is 1. The number of nitrogens with one attached hydrogen (secondary N) is 1. The second-order valence-electron chi connectivity index (χ2n) is 4.78. The summed E-state index contributed by atoms with van der Waals surface area (Å²) < 4.78 is 1.63. The third-order valence-corrected chi connectivity index (χ3v) is 6.01. The third kappa shape index (κ3) is 3.59. The second-order valence-corrected chi connectivity index (χ2v) is 8.01. The lowest BCUT2D eigenvalue weighted by molar-refractivity contribution is -0.113. The number of hydrogen-bond acceptors (Lipinski definition) is 8. The van der Waals surface area contributed by atoms with E-state index < -0.39 is 0 Å². The van der Waals surface area contributed by atoms with Gasteiger partial charge in [-0.25, -0.2) is 4.98 Å². The number of nitrogens with zero attached hydrogens (tertiary/aromatic N) is 4. The van der Waals surface area contributed by atoms with Crippen molar-refractivity contribution in [1.82, 2.24) is 19.7 Å². The van der Waals surface area contributed by atoms with Gasteiger partial charge in [0.2, 0.25) is 11.0 Å². The molecule has 1 aliphatic rings. The second kappa shape index (κ2) is 7.02. The van der Waals surface area contributed by atoms with Crippen molar-refractivity contribution in [2.45, 2.75) is 36.9 Å². The van der Waals surface area contributed by atoms with Gasteiger partial charge < -0.3 is 0 Å². The Hall–Kier alpha value is -1.39. The summed E-state index contributed by atoms with van der Waals surface area (Å²) in [4.78, 5) is 29.7. The van der Waals surface area contributed by atoms with Crippen LogP contribution >= 0.6 is 34.9 Å². The van der Waals surface area contributed by atoms with Gasteiger partial charge in [-0.3, -0.25) is 19.5 Å². The summed E-state index contributed by atoms with van der Waals surface area (Å²) in [5, 5.41) is 12.3. The Kier molecular flexibility index (Phi) is 5.02. The number of amides is 1. The zero-order valence-corrected chi connectivity index (χ0v) is 15.1. The summed E-state index contributed by atoms with van der Waals surface area (Å²) >= 11 is 4.16. The van der Waals surface area contributed by atoms with Crippen LogP contribution in [0.25, 0.3) is 0 Å². The fourth-order valence-corrected chi connectivity index (χ4v) is 4.68. The highest BCUT2D eigenvalue weighted by molar-refractivity contribution is 8.00. The van der Waals surface area contributed by atoms with Crippen molar-refractivity contribution in [2.24, 2.45) is 0 Å². The van der Waals surface area contributed by atoms with Gasteiger partial charge in [-0.1, -0.05) is 23.1 Å². The number of anilines is 1. The lowest BCUT2D eigenvalue weighted by Gasteiger charge is -2.11. The van der Waals surface area contributed by atoms with Crippen molar-refractivity contribution < 1.29 is 4.79 Å². The van der Waals surface area contributed by atoms with E-state index in [1.807, 2.05) is 13.8 Å². The van der Waals surface area contributed by atoms with Gasteiger partial charge in [-0.05, 0) is 13.8 Å². The summed E-state index contributed by atoms with van der Waals surface area (Å²) in [6.45, 7) is 4.27. The summed E-state index contributed by atoms with van der Waals surface area (Å²) in [5.41, 5.74) is 0.856. The minimum Gasteiger partial charge on any atom is -0.300 e. The van der Waals surface area contributed by atoms with Crippen molar-refractivity contribution in [3.63, 3.8) is 0 Å². The average molecular weight is 369 g/mol. The van der Waals surface area contributed by atoms with E-state index in [9.17, 15) is 9.59 Å². The molecule has 1 amide bonds. The van der Waals surface area contributed by atoms with Crippen LogP contribution < -0.4 is 10.9 Å². The Bertz CT molecular complexity index is 801. The van der Waals surface area contributed by atoms with Crippen molar-refractivity contribution >= 4 is 45.9 Å². The molecule has 122 valence electrons. The molecule has 0 spiro atoms. The highest BCUT2D eigenvalue weighted by Gasteiger charge is 2.21. The maximum atomic E-state index is 12.4. The number of rotatable bonds is 5. The number of thioether (sulfide) groups is 2. The fraction of sp³-hybridized carbons (Fsp3) is 0.462. The minimum atomic E-state index is -0.182. The predicted molar refractivity (Wildman–Crippen MR) is 92.6 cm³/mol. The third-order valence-electron chi connectivity index (χ3n) is 3.17. The zero-order chi connectivity index (χ0) is 16.4. The first kappa shape index (κ1) is 16.5. The van der Waals surface area contributed by atoms with Crippen LogP contribution in [0.15, 0.2) is 14.8 Å². The van der Waals surface area contributed by atoms with Gasteiger partial charge in [-0.15, -0.1) is 22.0 Å². The zero-order valence-electron chi connectivity index (χ0n) is 12.7. The monoisotopic (exact) mass is 369 g/mol. The van der Waals surface area contributed by atoms with Gasteiger partial charge in [0.15, 0.2) is 5.16 Å². The van der Waals surface area contributed by atoms with Crippen LogP contribution in [-0.4, -0.2) is 37.2 Å². The van der Waals surface area contributed by atoms with Gasteiger partial charge in [0.05, 0.1) is 16.3 Å². The van der Waals surface area contributed by atoms with Crippen LogP contribution in [0.1, 0.15) is 17.6 Å². The molecule has 1 aliphatic heterocycles. The molecule has 3 heterocycles. The van der Waals surface area contributed by atoms with Crippen LogP contribution in [0.4, 0.5) is 5.13 Å². The molecule has 3 rings (SSSR count). The molecule has 0 aromatic carbocycles. The molecule has 0 radical (unpaired) electrons. The Morgan fingerprint density at radius 2 is 2.26 bits per heavy atom. The molecule has 23 heavy (non-hydrogen) atoms. The molecule has 0 saturated carbocycles. The normalized spacial score (nSPS) is 13.1. The summed E-state index contributed by atoms with van der Waals surface area (Å²) in [6.07, 6.45) is 0.809. The van der Waals surface area contributed by atoms with E-state index in [0.29, 0.717) is 16.8 Å². The van der Waals surface area contributed by atoms with Crippen LogP contribution in [0.5, 0.6) is 0 Å². The van der Waals surface area contributed by atoms with Gasteiger partial charge in [-0.2, -0.15) is 0 Å². The van der Waals surface area contributed by atoms with E-state index in [4.69, 9.17) is 0 Å². The van der Waals surface area contributed by atoms with E-state index in [1.165, 1.54) is 23.1 Å². The number of carbonyl (C=O) groups excluding carboxylic acids is 1. The van der Waals surface area contributed by atoms with E-state index in [1.54, 1.807) is 16.3 Å². The molecule has 1 N–H and O–H groups in total. The van der Waals surface area contributed by atoms with Crippen LogP contribution in [0.2, 0.25) is 0 Å². The van der Waals surface area contributed by atoms with Gasteiger partial charge in [0.25, 0.3) is 5.56 Å². The quantitative estimate of drug-likeness (QED) is 0.635. The Labute approximate surface area is 145 Å². The number of hydrogen-bond donors (Lipinski definition) is 1. The van der Waals surface area contributed by atoms with Gasteiger partial charge >= 0.3 is 0 Å². The lowest BCUT2D eigenvalue weighted by atomic mass is 10.3. The van der Waals surface area contributed by atoms with E-state index in [-0.39, 0.29) is 17.2 Å². The first-order valence-corrected chi connectivity index (χ1v) is 9.86. The smallest absolute Gasteiger partial charge is 0.268 e. The Balaban J connectivity index is 1.71. The topological polar surface area (TPSA) is 89.8 Å². The van der Waals surface area contributed by atoms with E-state index in [0.717, 1.165) is 27.8 Å². The maximum absolute atomic E-state index is 12.4. The molecular weight excluding hydrogens is 354 g/mol. The first-order chi connectivity index (χ1) is 11.1. The molecule has 0 aliphatic carbocycles. The lowest BCUT2D eigenvalue weighted by Crippen LogP contribution is -2.25. The summed E-state index contributed by atoms with van der Waals surface area (Å²) in [5.74, 6) is 0.890. The van der Waals surface area contributed by atoms with Crippen LogP contribution in [0.3, 0.4) is 0 Å². The SMILES string of the molecule is CCn1c(SCC(=O)Nc2nnc(C)s2)nc2c(c1=O)SCC2. The van der Waals surface area contributed by atoms with Crippen molar-refractivity contribution in [3.05, 3.63) is 21.1 Å². The van der Waals surface area contributed by atoms with Crippen LogP contribution in [0, 0.1) is 6.92 Å². The predicted octanol–water partition coefficient (Wildman–Crippen LogP) is 1.80. The largest absolute Gasteiger partial charge is 0.300 e. The highest BCUT2D eigenvalue weighted by Crippen LogP contribution is 2.28. The van der Waals surface area contributed by atoms with Gasteiger partial charge in [0, 0.05) is 18.7 Å². The molecule has 0 unspecified atom stereocenters. The molecule has 2 aromatic rings. The van der Waals surface area contributed by atoms with Crippen LogP contribution in [-0.2, 0) is 17.8 Å². The average Bonchev–Trinajstić information content (AvgIpc) is 3.14. The van der Waals surface area contributed by atoms with Crippen molar-refractivity contribution in [2.75, 3.05) is 16.8 Å². The molecular formula is C13H15N5O2S3. The van der Waals surface area contributed by atoms with Gasteiger partial charge in [0.1, 0.15) is 5.01 Å². The fourth-order valence-electron chi connectivity index (χ4n) is 2.15. The molecule has 7 nitrogen and oxygen atoms in total. The maximum Gasteiger partial charge on any atom is 0.268 e. The standard InChI is InChI=1S/C13H15N5O2S3/c1-3-18-11(20)10-8(4-5-21-10)14-13(18)22-6-9(19)15-12-17-16-7(2)23-12/h3-6H2,1-2H3,(H,15,17,19). The first-order valence-electron chi connectivity index (χ1n) is 7.07. The molecule has 0 atom stereocenters. The summed E-state index contributed by atoms with van der Waals surface area (Å²) in [7, 11) is 0. The van der Waals surface area contributed by atoms with E-state index in [2.05, 4.69) is 20.5 Å². The number of fused-ring (bicyclic) bond motifs is 1.